The molecule has 0 spiro atoms. The van der Waals surface area contributed by atoms with E-state index in [1.165, 1.54) is 0 Å². The monoisotopic (exact) mass is 210 g/mol. The van der Waals surface area contributed by atoms with Gasteiger partial charge in [-0.05, 0) is 26.0 Å². The van der Waals surface area contributed by atoms with E-state index in [0.29, 0.717) is 6.54 Å². The van der Waals surface area contributed by atoms with E-state index in [4.69, 9.17) is 4.42 Å². The van der Waals surface area contributed by atoms with E-state index in [-0.39, 0.29) is 12.1 Å². The van der Waals surface area contributed by atoms with Crippen molar-refractivity contribution < 1.29 is 9.21 Å². The summed E-state index contributed by atoms with van der Waals surface area (Å²) in [6, 6.07) is 3.79. The summed E-state index contributed by atoms with van der Waals surface area (Å²) in [6.45, 7) is 4.61. The van der Waals surface area contributed by atoms with Gasteiger partial charge in [-0.2, -0.15) is 0 Å². The van der Waals surface area contributed by atoms with Gasteiger partial charge in [0, 0.05) is 26.1 Å². The fourth-order valence-corrected chi connectivity index (χ4v) is 1.25. The molecule has 1 rings (SSSR count). The first-order chi connectivity index (χ1) is 7.13. The number of urea groups is 1. The van der Waals surface area contributed by atoms with Gasteiger partial charge in [0.25, 0.3) is 0 Å². The van der Waals surface area contributed by atoms with Crippen molar-refractivity contribution in [3.8, 4) is 0 Å². The number of nitrogens with zero attached hydrogens (tertiary/aromatic N) is 1. The predicted octanol–water partition coefficient (Wildman–Crippen LogP) is 1.87. The lowest BCUT2D eigenvalue weighted by Crippen LogP contribution is -2.42. The van der Waals surface area contributed by atoms with Gasteiger partial charge in [0.05, 0.1) is 6.26 Å². The van der Waals surface area contributed by atoms with Crippen LogP contribution in [-0.2, 0) is 6.42 Å². The molecule has 2 amide bonds. The van der Waals surface area contributed by atoms with Crippen LogP contribution in [0.25, 0.3) is 0 Å². The summed E-state index contributed by atoms with van der Waals surface area (Å²) in [5.41, 5.74) is 0. The number of carbonyl (C=O) groups excluding carboxylic acids is 1. The van der Waals surface area contributed by atoms with Crippen LogP contribution in [0.1, 0.15) is 19.6 Å². The molecule has 1 aromatic heterocycles. The molecule has 0 fully saturated rings. The van der Waals surface area contributed by atoms with Crippen LogP contribution in [0.4, 0.5) is 4.79 Å². The Labute approximate surface area is 90.3 Å². The van der Waals surface area contributed by atoms with Gasteiger partial charge in [0.1, 0.15) is 5.76 Å². The van der Waals surface area contributed by atoms with Crippen molar-refractivity contribution in [3.63, 3.8) is 0 Å². The van der Waals surface area contributed by atoms with E-state index < -0.39 is 0 Å². The van der Waals surface area contributed by atoms with E-state index >= 15 is 0 Å². The molecule has 0 saturated heterocycles. The minimum atomic E-state index is -0.0449. The van der Waals surface area contributed by atoms with Gasteiger partial charge < -0.3 is 14.6 Å². The van der Waals surface area contributed by atoms with Crippen LogP contribution in [0, 0.1) is 0 Å². The van der Waals surface area contributed by atoms with Crippen molar-refractivity contribution in [2.75, 3.05) is 13.6 Å². The second-order valence-electron chi connectivity index (χ2n) is 3.65. The summed E-state index contributed by atoms with van der Waals surface area (Å²) in [5, 5.41) is 2.90. The quantitative estimate of drug-likeness (QED) is 0.824. The molecule has 0 bridgehead atoms. The Kier molecular flexibility index (Phi) is 4.21. The van der Waals surface area contributed by atoms with E-state index in [1.807, 2.05) is 26.0 Å². The molecule has 0 aliphatic rings. The normalized spacial score (nSPS) is 12.2. The molecule has 0 aliphatic heterocycles. The number of rotatable bonds is 4. The molecule has 0 radical (unpaired) electrons. The number of furan rings is 1. The maximum atomic E-state index is 11.5. The number of hydrogen-bond donors (Lipinski definition) is 1. The molecule has 0 aromatic carbocycles. The fourth-order valence-electron chi connectivity index (χ4n) is 1.25. The maximum Gasteiger partial charge on any atom is 0.317 e. The molecular formula is C11H18N2O2. The van der Waals surface area contributed by atoms with Crippen LogP contribution < -0.4 is 5.32 Å². The molecule has 4 nitrogen and oxygen atoms in total. The summed E-state index contributed by atoms with van der Waals surface area (Å²) in [6.07, 6.45) is 2.36. The highest BCUT2D eigenvalue weighted by Gasteiger charge is 2.11. The van der Waals surface area contributed by atoms with Crippen molar-refractivity contribution in [1.29, 1.82) is 0 Å². The Morgan fingerprint density at radius 3 is 2.93 bits per heavy atom. The maximum absolute atomic E-state index is 11.5. The topological polar surface area (TPSA) is 45.5 Å². The molecule has 4 heteroatoms. The summed E-state index contributed by atoms with van der Waals surface area (Å²) in [5.74, 6) is 0.891. The standard InChI is InChI=1S/C11H18N2O2/c1-4-13(3)11(14)12-9(2)8-10-6-5-7-15-10/h5-7,9H,4,8H2,1-3H3,(H,12,14). The molecule has 1 unspecified atom stereocenters. The Morgan fingerprint density at radius 1 is 1.67 bits per heavy atom. The highest BCUT2D eigenvalue weighted by atomic mass is 16.3. The van der Waals surface area contributed by atoms with Crippen LogP contribution in [0.3, 0.4) is 0 Å². The lowest BCUT2D eigenvalue weighted by Gasteiger charge is -2.19. The van der Waals surface area contributed by atoms with E-state index in [0.717, 1.165) is 12.2 Å². The number of carbonyl (C=O) groups is 1. The third-order valence-corrected chi connectivity index (χ3v) is 2.28. The average Bonchev–Trinajstić information content (AvgIpc) is 2.68. The smallest absolute Gasteiger partial charge is 0.317 e. The zero-order valence-corrected chi connectivity index (χ0v) is 9.49. The van der Waals surface area contributed by atoms with Gasteiger partial charge in [-0.15, -0.1) is 0 Å². The second kappa shape index (κ2) is 5.44. The molecule has 0 saturated carbocycles. The third-order valence-electron chi connectivity index (χ3n) is 2.28. The zero-order valence-electron chi connectivity index (χ0n) is 9.49. The molecule has 1 aromatic rings. The summed E-state index contributed by atoms with van der Waals surface area (Å²) in [7, 11) is 1.77. The lowest BCUT2D eigenvalue weighted by molar-refractivity contribution is 0.207. The molecule has 15 heavy (non-hydrogen) atoms. The number of amides is 2. The first-order valence-electron chi connectivity index (χ1n) is 5.17. The van der Waals surface area contributed by atoms with Gasteiger partial charge in [0.15, 0.2) is 0 Å². The first kappa shape index (κ1) is 11.6. The minimum Gasteiger partial charge on any atom is -0.469 e. The van der Waals surface area contributed by atoms with Gasteiger partial charge in [-0.25, -0.2) is 4.79 Å². The largest absolute Gasteiger partial charge is 0.469 e. The predicted molar refractivity (Wildman–Crippen MR) is 58.7 cm³/mol. The number of hydrogen-bond acceptors (Lipinski definition) is 2. The van der Waals surface area contributed by atoms with Crippen molar-refractivity contribution in [3.05, 3.63) is 24.2 Å². The summed E-state index contributed by atoms with van der Waals surface area (Å²) < 4.78 is 5.21. The van der Waals surface area contributed by atoms with E-state index in [9.17, 15) is 4.79 Å². The van der Waals surface area contributed by atoms with Crippen LogP contribution in [-0.4, -0.2) is 30.6 Å². The molecule has 1 atom stereocenters. The lowest BCUT2D eigenvalue weighted by atomic mass is 10.2. The molecule has 0 aliphatic carbocycles. The van der Waals surface area contributed by atoms with Crippen molar-refractivity contribution in [1.82, 2.24) is 10.2 Å². The Balaban J connectivity index is 2.36. The summed E-state index contributed by atoms with van der Waals surface area (Å²) in [4.78, 5) is 13.1. The van der Waals surface area contributed by atoms with Gasteiger partial charge in [0.2, 0.25) is 0 Å². The SMILES string of the molecule is CCN(C)C(=O)NC(C)Cc1ccco1. The molecule has 1 N–H and O–H groups in total. The second-order valence-corrected chi connectivity index (χ2v) is 3.65. The first-order valence-corrected chi connectivity index (χ1v) is 5.17. The van der Waals surface area contributed by atoms with E-state index in [2.05, 4.69) is 5.32 Å². The minimum absolute atomic E-state index is 0.0449. The Morgan fingerprint density at radius 2 is 2.40 bits per heavy atom. The Bertz CT molecular complexity index is 296. The van der Waals surface area contributed by atoms with Crippen molar-refractivity contribution in [2.45, 2.75) is 26.3 Å². The third kappa shape index (κ3) is 3.65. The van der Waals surface area contributed by atoms with Crippen LogP contribution in [0.15, 0.2) is 22.8 Å². The molecule has 84 valence electrons. The highest BCUT2D eigenvalue weighted by molar-refractivity contribution is 5.74. The van der Waals surface area contributed by atoms with Crippen molar-refractivity contribution in [2.24, 2.45) is 0 Å². The zero-order chi connectivity index (χ0) is 11.3. The van der Waals surface area contributed by atoms with Gasteiger partial charge in [-0.1, -0.05) is 0 Å². The average molecular weight is 210 g/mol. The van der Waals surface area contributed by atoms with Crippen LogP contribution in [0.5, 0.6) is 0 Å². The molecule has 1 heterocycles. The fraction of sp³-hybridized carbons (Fsp3) is 0.545. The van der Waals surface area contributed by atoms with Crippen LogP contribution in [0.2, 0.25) is 0 Å². The van der Waals surface area contributed by atoms with Crippen molar-refractivity contribution >= 4 is 6.03 Å². The van der Waals surface area contributed by atoms with Gasteiger partial charge in [-0.3, -0.25) is 0 Å². The van der Waals surface area contributed by atoms with Crippen LogP contribution >= 0.6 is 0 Å². The van der Waals surface area contributed by atoms with E-state index in [1.54, 1.807) is 18.2 Å². The summed E-state index contributed by atoms with van der Waals surface area (Å²) >= 11 is 0. The number of nitrogens with one attached hydrogen (secondary N) is 1. The molecular weight excluding hydrogens is 192 g/mol. The Hall–Kier alpha value is -1.45. The van der Waals surface area contributed by atoms with Gasteiger partial charge >= 0.3 is 6.03 Å². The highest BCUT2D eigenvalue weighted by Crippen LogP contribution is 2.03.